The van der Waals surface area contributed by atoms with Crippen LogP contribution in [0.15, 0.2) is 28.5 Å². The molecule has 1 saturated heterocycles. The SMILES string of the molecule is C=C1CC(N)(N)OCC1C(/C(N)=N\C)/C(N)=C(/C)N. The Labute approximate surface area is 113 Å². The van der Waals surface area contributed by atoms with Crippen molar-refractivity contribution in [3.63, 3.8) is 0 Å². The lowest BCUT2D eigenvalue weighted by Crippen LogP contribution is -2.57. The van der Waals surface area contributed by atoms with Crippen LogP contribution in [0.3, 0.4) is 0 Å². The summed E-state index contributed by atoms with van der Waals surface area (Å²) in [6.07, 6.45) is 0.335. The molecule has 2 atom stereocenters. The number of hydrogen-bond acceptors (Lipinski definition) is 6. The number of hydrogen-bond donors (Lipinski definition) is 5. The third-order valence-electron chi connectivity index (χ3n) is 3.33. The van der Waals surface area contributed by atoms with Crippen LogP contribution >= 0.6 is 0 Å². The number of nitrogens with two attached hydrogens (primary N) is 5. The molecule has 19 heavy (non-hydrogen) atoms. The Bertz CT molecular complexity index is 422. The molecule has 0 aliphatic carbocycles. The Kier molecular flexibility index (Phi) is 4.56. The fraction of sp³-hybridized carbons (Fsp3) is 0.583. The minimum absolute atomic E-state index is 0.137. The van der Waals surface area contributed by atoms with Gasteiger partial charge in [0.2, 0.25) is 0 Å². The van der Waals surface area contributed by atoms with Crippen molar-refractivity contribution in [2.75, 3.05) is 13.7 Å². The first-order chi connectivity index (χ1) is 8.69. The molecule has 0 radical (unpaired) electrons. The van der Waals surface area contributed by atoms with Crippen LogP contribution in [0.1, 0.15) is 13.3 Å². The van der Waals surface area contributed by atoms with Gasteiger partial charge < -0.3 is 21.9 Å². The molecule has 108 valence electrons. The second-order valence-electron chi connectivity index (χ2n) is 4.97. The molecule has 2 unspecified atom stereocenters. The van der Waals surface area contributed by atoms with Crippen molar-refractivity contribution in [2.45, 2.75) is 19.2 Å². The molecule has 0 aromatic carbocycles. The zero-order chi connectivity index (χ0) is 14.8. The lowest BCUT2D eigenvalue weighted by molar-refractivity contribution is -0.0743. The van der Waals surface area contributed by atoms with Crippen LogP contribution < -0.4 is 28.7 Å². The molecule has 1 aliphatic rings. The van der Waals surface area contributed by atoms with Gasteiger partial charge in [-0.15, -0.1) is 0 Å². The Hall–Kier alpha value is -1.57. The molecular formula is C12H24N6O. The van der Waals surface area contributed by atoms with Gasteiger partial charge in [-0.25, -0.2) is 0 Å². The second kappa shape index (κ2) is 5.60. The van der Waals surface area contributed by atoms with E-state index in [1.165, 1.54) is 0 Å². The van der Waals surface area contributed by atoms with Gasteiger partial charge in [0.1, 0.15) is 5.84 Å². The molecule has 0 amide bonds. The van der Waals surface area contributed by atoms with Crippen LogP contribution in [0.2, 0.25) is 0 Å². The van der Waals surface area contributed by atoms with Crippen LogP contribution in [0.5, 0.6) is 0 Å². The normalized spacial score (nSPS) is 26.8. The van der Waals surface area contributed by atoms with Crippen LogP contribution in [-0.4, -0.2) is 25.3 Å². The third-order valence-corrected chi connectivity index (χ3v) is 3.33. The number of aliphatic imine (C=N–C) groups is 1. The summed E-state index contributed by atoms with van der Waals surface area (Å²) in [4.78, 5) is 4.00. The molecule has 0 aromatic rings. The summed E-state index contributed by atoms with van der Waals surface area (Å²) < 4.78 is 5.42. The number of amidine groups is 1. The highest BCUT2D eigenvalue weighted by Gasteiger charge is 2.38. The number of ether oxygens (including phenoxy) is 1. The molecule has 0 aromatic heterocycles. The Morgan fingerprint density at radius 2 is 2.00 bits per heavy atom. The summed E-state index contributed by atoms with van der Waals surface area (Å²) in [5, 5.41) is 0. The van der Waals surface area contributed by atoms with E-state index >= 15 is 0 Å². The summed E-state index contributed by atoms with van der Waals surface area (Å²) in [6.45, 7) is 6.00. The van der Waals surface area contributed by atoms with Gasteiger partial charge in [-0.2, -0.15) is 0 Å². The van der Waals surface area contributed by atoms with E-state index in [1.54, 1.807) is 14.0 Å². The van der Waals surface area contributed by atoms with Crippen LogP contribution in [0.25, 0.3) is 0 Å². The second-order valence-corrected chi connectivity index (χ2v) is 4.97. The zero-order valence-corrected chi connectivity index (χ0v) is 11.5. The van der Waals surface area contributed by atoms with E-state index < -0.39 is 5.85 Å². The van der Waals surface area contributed by atoms with Crippen LogP contribution in [0, 0.1) is 11.8 Å². The van der Waals surface area contributed by atoms with Crippen molar-refractivity contribution >= 4 is 5.84 Å². The summed E-state index contributed by atoms with van der Waals surface area (Å²) >= 11 is 0. The van der Waals surface area contributed by atoms with E-state index in [-0.39, 0.29) is 18.4 Å². The molecule has 1 fully saturated rings. The Morgan fingerprint density at radius 1 is 1.42 bits per heavy atom. The fourth-order valence-electron chi connectivity index (χ4n) is 2.20. The first-order valence-electron chi connectivity index (χ1n) is 6.03. The van der Waals surface area contributed by atoms with E-state index in [2.05, 4.69) is 11.6 Å². The monoisotopic (exact) mass is 268 g/mol. The largest absolute Gasteiger partial charge is 0.401 e. The van der Waals surface area contributed by atoms with Gasteiger partial charge in [0.05, 0.1) is 12.5 Å². The smallest absolute Gasteiger partial charge is 0.173 e. The molecule has 1 aliphatic heterocycles. The summed E-state index contributed by atoms with van der Waals surface area (Å²) in [5.41, 5.74) is 31.0. The minimum Gasteiger partial charge on any atom is -0.401 e. The van der Waals surface area contributed by atoms with Crippen molar-refractivity contribution in [1.29, 1.82) is 0 Å². The van der Waals surface area contributed by atoms with E-state index in [9.17, 15) is 0 Å². The predicted octanol–water partition coefficient (Wildman–Crippen LogP) is -1.10. The van der Waals surface area contributed by atoms with E-state index in [1.807, 2.05) is 0 Å². The van der Waals surface area contributed by atoms with E-state index in [0.717, 1.165) is 5.57 Å². The fourth-order valence-corrected chi connectivity index (χ4v) is 2.20. The highest BCUT2D eigenvalue weighted by molar-refractivity contribution is 5.86. The highest BCUT2D eigenvalue weighted by Crippen LogP contribution is 2.33. The van der Waals surface area contributed by atoms with Gasteiger partial charge in [0, 0.05) is 30.8 Å². The molecular weight excluding hydrogens is 244 g/mol. The van der Waals surface area contributed by atoms with Gasteiger partial charge in [0.25, 0.3) is 0 Å². The van der Waals surface area contributed by atoms with Crippen LogP contribution in [-0.2, 0) is 4.74 Å². The number of allylic oxidation sites excluding steroid dienone is 1. The summed E-state index contributed by atoms with van der Waals surface area (Å²) in [6, 6.07) is 0. The molecule has 1 rings (SSSR count). The van der Waals surface area contributed by atoms with Gasteiger partial charge in [-0.05, 0) is 6.92 Å². The van der Waals surface area contributed by atoms with Crippen molar-refractivity contribution in [3.8, 4) is 0 Å². The van der Waals surface area contributed by atoms with Crippen molar-refractivity contribution in [1.82, 2.24) is 0 Å². The lowest BCUT2D eigenvalue weighted by atomic mass is 9.80. The number of nitrogens with zero attached hydrogens (tertiary/aromatic N) is 1. The van der Waals surface area contributed by atoms with Crippen LogP contribution in [0.4, 0.5) is 0 Å². The van der Waals surface area contributed by atoms with E-state index in [0.29, 0.717) is 23.7 Å². The molecule has 0 saturated carbocycles. The predicted molar refractivity (Wildman–Crippen MR) is 76.4 cm³/mol. The molecule has 10 N–H and O–H groups in total. The third kappa shape index (κ3) is 3.46. The first-order valence-corrected chi connectivity index (χ1v) is 6.03. The Balaban J connectivity index is 3.08. The zero-order valence-electron chi connectivity index (χ0n) is 11.5. The van der Waals surface area contributed by atoms with Gasteiger partial charge in [-0.1, -0.05) is 12.2 Å². The number of rotatable bonds is 3. The maximum Gasteiger partial charge on any atom is 0.173 e. The lowest BCUT2D eigenvalue weighted by Gasteiger charge is -2.39. The van der Waals surface area contributed by atoms with Crippen molar-refractivity contribution in [2.24, 2.45) is 45.5 Å². The maximum atomic E-state index is 6.03. The first kappa shape index (κ1) is 15.5. The maximum absolute atomic E-state index is 6.03. The summed E-state index contributed by atoms with van der Waals surface area (Å²) in [7, 11) is 1.60. The topological polar surface area (TPSA) is 152 Å². The molecule has 7 heteroatoms. The quantitative estimate of drug-likeness (QED) is 0.190. The van der Waals surface area contributed by atoms with Gasteiger partial charge in [0.15, 0.2) is 5.85 Å². The minimum atomic E-state index is -1.19. The van der Waals surface area contributed by atoms with Crippen molar-refractivity contribution in [3.05, 3.63) is 23.5 Å². The molecule has 0 spiro atoms. The average molecular weight is 268 g/mol. The molecule has 0 bridgehead atoms. The Morgan fingerprint density at radius 3 is 2.42 bits per heavy atom. The molecule has 7 nitrogen and oxygen atoms in total. The van der Waals surface area contributed by atoms with Gasteiger partial charge >= 0.3 is 0 Å². The highest BCUT2D eigenvalue weighted by atomic mass is 16.5. The molecule has 1 heterocycles. The van der Waals surface area contributed by atoms with Crippen molar-refractivity contribution < 1.29 is 4.74 Å². The standard InChI is InChI=1S/C12H24N6O/c1-6-4-12(16,17)19-5-8(6)9(11(15)18-3)10(14)7(2)13/h8-9H,1,4-5,13-14,16-17H2,2-3H3,(H2,15,18)/b10-7+. The van der Waals surface area contributed by atoms with E-state index in [4.69, 9.17) is 33.4 Å². The average Bonchev–Trinajstić information content (AvgIpc) is 2.30. The summed E-state index contributed by atoms with van der Waals surface area (Å²) in [5.74, 6) is -1.29. The van der Waals surface area contributed by atoms with Gasteiger partial charge in [-0.3, -0.25) is 16.5 Å².